The summed E-state index contributed by atoms with van der Waals surface area (Å²) in [4.78, 5) is 4.62. The van der Waals surface area contributed by atoms with Gasteiger partial charge in [0.25, 0.3) is 0 Å². The molecule has 0 unspecified atom stereocenters. The molecule has 0 spiro atoms. The molecule has 0 radical (unpaired) electrons. The van der Waals surface area contributed by atoms with Crippen molar-refractivity contribution >= 4 is 77.2 Å². The van der Waals surface area contributed by atoms with Crippen molar-refractivity contribution in [3.8, 4) is 0 Å². The van der Waals surface area contributed by atoms with Crippen molar-refractivity contribution in [3.63, 3.8) is 0 Å². The number of halogens is 1. The van der Waals surface area contributed by atoms with Crippen LogP contribution < -0.4 is 9.80 Å². The summed E-state index contributed by atoms with van der Waals surface area (Å²) in [5.74, 6) is 0. The van der Waals surface area contributed by atoms with Gasteiger partial charge in [0.15, 0.2) is 0 Å². The van der Waals surface area contributed by atoms with Gasteiger partial charge >= 0.3 is 0 Å². The molecular formula is C36H25ClN2S. The van der Waals surface area contributed by atoms with Gasteiger partial charge in [0, 0.05) is 53.6 Å². The Morgan fingerprint density at radius 1 is 0.425 bits per heavy atom. The quantitative estimate of drug-likeness (QED) is 0.202. The Morgan fingerprint density at radius 2 is 0.925 bits per heavy atom. The molecule has 0 bridgehead atoms. The molecule has 0 aliphatic heterocycles. The van der Waals surface area contributed by atoms with Crippen molar-refractivity contribution < 1.29 is 0 Å². The minimum absolute atomic E-state index is 0.723. The van der Waals surface area contributed by atoms with E-state index in [1.807, 2.05) is 0 Å². The van der Waals surface area contributed by atoms with Crippen molar-refractivity contribution in [1.82, 2.24) is 0 Å². The predicted molar refractivity (Wildman–Crippen MR) is 174 cm³/mol. The van der Waals surface area contributed by atoms with Gasteiger partial charge in [0.1, 0.15) is 0 Å². The van der Waals surface area contributed by atoms with Gasteiger partial charge < -0.3 is 9.80 Å². The molecule has 0 amide bonds. The van der Waals surface area contributed by atoms with Gasteiger partial charge in [-0.15, -0.1) is 11.3 Å². The Bertz CT molecular complexity index is 1880. The van der Waals surface area contributed by atoms with Crippen LogP contribution in [0.3, 0.4) is 0 Å². The lowest BCUT2D eigenvalue weighted by Gasteiger charge is -2.30. The summed E-state index contributed by atoms with van der Waals surface area (Å²) in [7, 11) is 0. The molecule has 0 saturated heterocycles. The monoisotopic (exact) mass is 552 g/mol. The first-order valence-electron chi connectivity index (χ1n) is 13.2. The van der Waals surface area contributed by atoms with Crippen LogP contribution in [0.15, 0.2) is 152 Å². The first-order valence-corrected chi connectivity index (χ1v) is 14.4. The fourth-order valence-corrected chi connectivity index (χ4v) is 6.80. The molecule has 40 heavy (non-hydrogen) atoms. The molecule has 0 aliphatic rings. The number of hydrogen-bond acceptors (Lipinski definition) is 3. The maximum absolute atomic E-state index is 6.78. The summed E-state index contributed by atoms with van der Waals surface area (Å²) in [6, 6.07) is 53.0. The lowest BCUT2D eigenvalue weighted by atomic mass is 10.1. The smallest absolute Gasteiger partial charge is 0.0569 e. The summed E-state index contributed by atoms with van der Waals surface area (Å²) in [5.41, 5.74) is 6.47. The van der Waals surface area contributed by atoms with Crippen LogP contribution in [0.4, 0.5) is 34.1 Å². The number of rotatable bonds is 6. The van der Waals surface area contributed by atoms with E-state index in [0.717, 1.165) is 39.1 Å². The average Bonchev–Trinajstić information content (AvgIpc) is 3.38. The number of benzene rings is 6. The Kier molecular flexibility index (Phi) is 6.45. The third-order valence-electron chi connectivity index (χ3n) is 7.05. The number of thiophene rings is 1. The molecule has 1 heterocycles. The molecule has 0 atom stereocenters. The largest absolute Gasteiger partial charge is 0.310 e. The maximum Gasteiger partial charge on any atom is 0.0569 e. The highest BCUT2D eigenvalue weighted by molar-refractivity contribution is 7.26. The fraction of sp³-hybridized carbons (Fsp3) is 0. The third-order valence-corrected chi connectivity index (χ3v) is 8.39. The van der Waals surface area contributed by atoms with E-state index in [1.165, 1.54) is 20.2 Å². The summed E-state index contributed by atoms with van der Waals surface area (Å²) < 4.78 is 2.43. The number of nitrogens with zero attached hydrogens (tertiary/aromatic N) is 2. The van der Waals surface area contributed by atoms with Crippen LogP contribution >= 0.6 is 22.9 Å². The van der Waals surface area contributed by atoms with Crippen molar-refractivity contribution in [2.45, 2.75) is 0 Å². The molecular weight excluding hydrogens is 528 g/mol. The SMILES string of the molecule is Clc1cc(N(c2ccccc2)c2cccc(N(c3ccccc3)c3ccccc3)c2)c2c(c1)sc1ccccc12. The molecule has 4 heteroatoms. The fourth-order valence-electron chi connectivity index (χ4n) is 5.35. The summed E-state index contributed by atoms with van der Waals surface area (Å²) >= 11 is 8.57. The van der Waals surface area contributed by atoms with E-state index in [1.54, 1.807) is 11.3 Å². The van der Waals surface area contributed by atoms with Crippen LogP contribution in [0.25, 0.3) is 20.2 Å². The van der Waals surface area contributed by atoms with Crippen molar-refractivity contribution in [2.24, 2.45) is 0 Å². The Hall–Kier alpha value is -4.57. The van der Waals surface area contributed by atoms with E-state index in [9.17, 15) is 0 Å². The summed E-state index contributed by atoms with van der Waals surface area (Å²) in [6.07, 6.45) is 0. The van der Waals surface area contributed by atoms with E-state index in [4.69, 9.17) is 11.6 Å². The highest BCUT2D eigenvalue weighted by atomic mass is 35.5. The van der Waals surface area contributed by atoms with Gasteiger partial charge in [-0.2, -0.15) is 0 Å². The molecule has 1 aromatic heterocycles. The molecule has 0 saturated carbocycles. The molecule has 0 fully saturated rings. The van der Waals surface area contributed by atoms with Gasteiger partial charge in [-0.1, -0.05) is 90.5 Å². The molecule has 192 valence electrons. The van der Waals surface area contributed by atoms with Gasteiger partial charge in [0.05, 0.1) is 5.69 Å². The zero-order valence-electron chi connectivity index (χ0n) is 21.6. The van der Waals surface area contributed by atoms with Crippen molar-refractivity contribution in [3.05, 3.63) is 157 Å². The van der Waals surface area contributed by atoms with Gasteiger partial charge in [-0.3, -0.25) is 0 Å². The van der Waals surface area contributed by atoms with Gasteiger partial charge in [-0.25, -0.2) is 0 Å². The average molecular weight is 553 g/mol. The molecule has 7 aromatic rings. The van der Waals surface area contributed by atoms with Crippen LogP contribution in [0.1, 0.15) is 0 Å². The van der Waals surface area contributed by atoms with Crippen LogP contribution in [0, 0.1) is 0 Å². The van der Waals surface area contributed by atoms with E-state index in [0.29, 0.717) is 0 Å². The van der Waals surface area contributed by atoms with Gasteiger partial charge in [-0.05, 0) is 72.8 Å². The van der Waals surface area contributed by atoms with Crippen LogP contribution in [-0.4, -0.2) is 0 Å². The van der Waals surface area contributed by atoms with E-state index in [2.05, 4.69) is 161 Å². The molecule has 0 N–H and O–H groups in total. The number of hydrogen-bond donors (Lipinski definition) is 0. The first kappa shape index (κ1) is 24.5. The first-order chi connectivity index (χ1) is 19.8. The normalized spacial score (nSPS) is 11.1. The summed E-state index contributed by atoms with van der Waals surface area (Å²) in [5, 5.41) is 3.17. The van der Waals surface area contributed by atoms with E-state index >= 15 is 0 Å². The third kappa shape index (κ3) is 4.50. The van der Waals surface area contributed by atoms with Crippen LogP contribution in [0.5, 0.6) is 0 Å². The zero-order chi connectivity index (χ0) is 26.9. The molecule has 7 rings (SSSR count). The molecule has 0 aliphatic carbocycles. The Labute approximate surface area is 242 Å². The standard InChI is InChI=1S/C36H25ClN2S/c37-26-23-33(36-32-21-10-11-22-34(32)40-35(36)24-26)39(29-17-8-3-9-18-29)31-20-12-19-30(25-31)38(27-13-4-1-5-14-27)28-15-6-2-7-16-28/h1-25H. The van der Waals surface area contributed by atoms with Crippen LogP contribution in [0.2, 0.25) is 5.02 Å². The van der Waals surface area contributed by atoms with E-state index < -0.39 is 0 Å². The van der Waals surface area contributed by atoms with Crippen LogP contribution in [-0.2, 0) is 0 Å². The van der Waals surface area contributed by atoms with E-state index in [-0.39, 0.29) is 0 Å². The Morgan fingerprint density at radius 3 is 1.55 bits per heavy atom. The lowest BCUT2D eigenvalue weighted by Crippen LogP contribution is -2.13. The number of anilines is 6. The van der Waals surface area contributed by atoms with Crippen molar-refractivity contribution in [1.29, 1.82) is 0 Å². The highest BCUT2D eigenvalue weighted by Crippen LogP contribution is 2.47. The number of para-hydroxylation sites is 3. The summed E-state index contributed by atoms with van der Waals surface area (Å²) in [6.45, 7) is 0. The maximum atomic E-state index is 6.78. The topological polar surface area (TPSA) is 6.48 Å². The number of fused-ring (bicyclic) bond motifs is 3. The van der Waals surface area contributed by atoms with Gasteiger partial charge in [0.2, 0.25) is 0 Å². The predicted octanol–water partition coefficient (Wildman–Crippen LogP) is 11.6. The Balaban J connectivity index is 1.47. The lowest BCUT2D eigenvalue weighted by molar-refractivity contribution is 1.26. The minimum Gasteiger partial charge on any atom is -0.310 e. The molecule has 6 aromatic carbocycles. The minimum atomic E-state index is 0.723. The van der Waals surface area contributed by atoms with Crippen molar-refractivity contribution in [2.75, 3.05) is 9.80 Å². The second-order valence-corrected chi connectivity index (χ2v) is 11.1. The highest BCUT2D eigenvalue weighted by Gasteiger charge is 2.21. The zero-order valence-corrected chi connectivity index (χ0v) is 23.2. The second-order valence-electron chi connectivity index (χ2n) is 9.59. The second kappa shape index (κ2) is 10.5. The molecule has 2 nitrogen and oxygen atoms in total.